The molecule has 6 heteroatoms. The number of aryl methyl sites for hydroxylation is 2. The lowest BCUT2D eigenvalue weighted by atomic mass is 9.99. The lowest BCUT2D eigenvalue weighted by Crippen LogP contribution is -2.87. The predicted molar refractivity (Wildman–Crippen MR) is 145 cm³/mol. The van der Waals surface area contributed by atoms with E-state index in [9.17, 15) is 9.59 Å². The second-order valence-electron chi connectivity index (χ2n) is 8.61. The number of carbonyl (C=O) groups excluding carboxylic acids is 2. The molecule has 4 rings (SSSR count). The molecule has 0 saturated heterocycles. The van der Waals surface area contributed by atoms with Crippen molar-refractivity contribution in [3.63, 3.8) is 0 Å². The van der Waals surface area contributed by atoms with E-state index >= 15 is 0 Å². The summed E-state index contributed by atoms with van der Waals surface area (Å²) in [6.45, 7) is 6.23. The van der Waals surface area contributed by atoms with Crippen LogP contribution in [-0.4, -0.2) is 25.0 Å². The molecule has 1 aromatic heterocycles. The molecule has 36 heavy (non-hydrogen) atoms. The molecule has 5 nitrogen and oxygen atoms in total. The number of amides is 1. The SMILES string of the molecule is CCOC(=O)c1c(NC(=O)C[NH2+]C(c2ccccc2)c2ccccc2)sc(C)c1-c1ccc(C)cc1. The average Bonchev–Trinajstić information content (AvgIpc) is 3.21. The quantitative estimate of drug-likeness (QED) is 0.299. The largest absolute Gasteiger partial charge is 0.462 e. The number of ether oxygens (including phenoxy) is 1. The molecule has 184 valence electrons. The summed E-state index contributed by atoms with van der Waals surface area (Å²) in [6.07, 6.45) is 0. The zero-order chi connectivity index (χ0) is 25.5. The van der Waals surface area contributed by atoms with Crippen LogP contribution in [0.25, 0.3) is 11.1 Å². The topological polar surface area (TPSA) is 72.0 Å². The number of thiophene rings is 1. The van der Waals surface area contributed by atoms with Gasteiger partial charge in [-0.25, -0.2) is 4.79 Å². The highest BCUT2D eigenvalue weighted by Crippen LogP contribution is 2.40. The molecule has 0 aliphatic carbocycles. The Labute approximate surface area is 216 Å². The first kappa shape index (κ1) is 25.4. The molecule has 0 unspecified atom stereocenters. The molecule has 3 aromatic carbocycles. The highest BCUT2D eigenvalue weighted by molar-refractivity contribution is 7.17. The number of nitrogens with two attached hydrogens (primary N) is 1. The minimum Gasteiger partial charge on any atom is -0.462 e. The standard InChI is InChI=1S/C30H30N2O3S/c1-4-35-30(34)27-26(22-17-15-20(2)16-18-22)21(3)36-29(27)32-25(33)19-31-28(23-11-7-5-8-12-23)24-13-9-6-10-14-24/h5-18,28,31H,4,19H2,1-3H3,(H,32,33)/p+1. The molecule has 0 spiro atoms. The zero-order valence-electron chi connectivity index (χ0n) is 20.8. The monoisotopic (exact) mass is 499 g/mol. The third-order valence-electron chi connectivity index (χ3n) is 6.01. The van der Waals surface area contributed by atoms with Crippen molar-refractivity contribution in [3.8, 4) is 11.1 Å². The van der Waals surface area contributed by atoms with Gasteiger partial charge in [-0.15, -0.1) is 11.3 Å². The molecule has 3 N–H and O–H groups in total. The second kappa shape index (κ2) is 11.8. The molecular formula is C30H31N2O3S+. The number of rotatable bonds is 9. The average molecular weight is 500 g/mol. The molecule has 1 heterocycles. The first-order valence-electron chi connectivity index (χ1n) is 12.1. The maximum atomic E-state index is 13.1. The summed E-state index contributed by atoms with van der Waals surface area (Å²) in [5, 5.41) is 5.54. The van der Waals surface area contributed by atoms with Crippen LogP contribution in [0.5, 0.6) is 0 Å². The van der Waals surface area contributed by atoms with E-state index in [2.05, 4.69) is 29.6 Å². The summed E-state index contributed by atoms with van der Waals surface area (Å²) < 4.78 is 5.37. The molecule has 1 amide bonds. The van der Waals surface area contributed by atoms with Gasteiger partial charge in [-0.05, 0) is 26.3 Å². The third kappa shape index (κ3) is 5.90. The summed E-state index contributed by atoms with van der Waals surface area (Å²) in [6, 6.07) is 28.3. The predicted octanol–water partition coefficient (Wildman–Crippen LogP) is 5.50. The fourth-order valence-electron chi connectivity index (χ4n) is 4.29. The van der Waals surface area contributed by atoms with Crippen LogP contribution in [0.2, 0.25) is 0 Å². The van der Waals surface area contributed by atoms with Crippen molar-refractivity contribution in [2.45, 2.75) is 26.8 Å². The first-order valence-corrected chi connectivity index (χ1v) is 12.9. The van der Waals surface area contributed by atoms with Gasteiger partial charge in [-0.2, -0.15) is 0 Å². The summed E-state index contributed by atoms with van der Waals surface area (Å²) >= 11 is 1.40. The van der Waals surface area contributed by atoms with Gasteiger partial charge in [0.1, 0.15) is 16.6 Å². The fourth-order valence-corrected chi connectivity index (χ4v) is 5.37. The Hall–Kier alpha value is -3.74. The van der Waals surface area contributed by atoms with Gasteiger partial charge in [0.2, 0.25) is 0 Å². The molecule has 0 saturated carbocycles. The number of hydrogen-bond acceptors (Lipinski definition) is 4. The number of anilines is 1. The molecule has 0 atom stereocenters. The Bertz CT molecular complexity index is 1280. The van der Waals surface area contributed by atoms with E-state index < -0.39 is 5.97 Å². The molecule has 0 aliphatic heterocycles. The Morgan fingerprint density at radius 1 is 0.889 bits per heavy atom. The molecule has 0 fully saturated rings. The Morgan fingerprint density at radius 3 is 2.03 bits per heavy atom. The number of benzene rings is 3. The van der Waals surface area contributed by atoms with E-state index in [1.54, 1.807) is 6.92 Å². The van der Waals surface area contributed by atoms with Crippen LogP contribution in [0, 0.1) is 13.8 Å². The number of carbonyl (C=O) groups is 2. The van der Waals surface area contributed by atoms with Gasteiger partial charge in [0.25, 0.3) is 5.91 Å². The van der Waals surface area contributed by atoms with Gasteiger partial charge in [0.05, 0.1) is 6.61 Å². The van der Waals surface area contributed by atoms with Crippen LogP contribution in [0.3, 0.4) is 0 Å². The van der Waals surface area contributed by atoms with E-state index in [-0.39, 0.29) is 25.1 Å². The molecule has 0 radical (unpaired) electrons. The van der Waals surface area contributed by atoms with Crippen molar-refractivity contribution < 1.29 is 19.6 Å². The van der Waals surface area contributed by atoms with Crippen LogP contribution in [0.15, 0.2) is 84.9 Å². The minimum absolute atomic E-state index is 0.0177. The van der Waals surface area contributed by atoms with Gasteiger partial charge >= 0.3 is 5.97 Å². The van der Waals surface area contributed by atoms with Crippen molar-refractivity contribution >= 4 is 28.2 Å². The second-order valence-corrected chi connectivity index (χ2v) is 9.84. The van der Waals surface area contributed by atoms with Crippen LogP contribution in [0.4, 0.5) is 5.00 Å². The summed E-state index contributed by atoms with van der Waals surface area (Å²) in [5.41, 5.74) is 5.54. The van der Waals surface area contributed by atoms with Crippen molar-refractivity contribution in [1.82, 2.24) is 0 Å². The number of esters is 1. The molecular weight excluding hydrogens is 468 g/mol. The van der Waals surface area contributed by atoms with E-state index in [0.29, 0.717) is 10.6 Å². The molecule has 4 aromatic rings. The maximum Gasteiger partial charge on any atom is 0.341 e. The van der Waals surface area contributed by atoms with Crippen molar-refractivity contribution in [2.24, 2.45) is 0 Å². The van der Waals surface area contributed by atoms with Crippen LogP contribution < -0.4 is 10.6 Å². The van der Waals surface area contributed by atoms with Crippen molar-refractivity contribution in [3.05, 3.63) is 112 Å². The highest BCUT2D eigenvalue weighted by Gasteiger charge is 2.26. The first-order chi connectivity index (χ1) is 17.5. The summed E-state index contributed by atoms with van der Waals surface area (Å²) in [5.74, 6) is -0.600. The molecule has 0 aliphatic rings. The molecule has 0 bridgehead atoms. The number of quaternary nitrogens is 1. The van der Waals surface area contributed by atoms with Crippen LogP contribution >= 0.6 is 11.3 Å². The fraction of sp³-hybridized carbons (Fsp3) is 0.200. The van der Waals surface area contributed by atoms with Crippen molar-refractivity contribution in [2.75, 3.05) is 18.5 Å². The lowest BCUT2D eigenvalue weighted by Gasteiger charge is -2.16. The smallest absolute Gasteiger partial charge is 0.341 e. The van der Waals surface area contributed by atoms with Gasteiger partial charge in [0, 0.05) is 21.6 Å². The minimum atomic E-state index is -0.428. The van der Waals surface area contributed by atoms with E-state index in [1.165, 1.54) is 11.3 Å². The Kier molecular flexibility index (Phi) is 8.31. The van der Waals surface area contributed by atoms with Gasteiger partial charge in [0.15, 0.2) is 6.54 Å². The normalized spacial score (nSPS) is 10.9. The Morgan fingerprint density at radius 2 is 1.47 bits per heavy atom. The van der Waals surface area contributed by atoms with Crippen LogP contribution in [-0.2, 0) is 9.53 Å². The number of nitrogens with one attached hydrogen (secondary N) is 1. The zero-order valence-corrected chi connectivity index (χ0v) is 21.6. The van der Waals surface area contributed by atoms with Gasteiger partial charge in [-0.3, -0.25) is 4.79 Å². The van der Waals surface area contributed by atoms with Crippen LogP contribution in [0.1, 0.15) is 44.9 Å². The van der Waals surface area contributed by atoms with Gasteiger partial charge < -0.3 is 15.4 Å². The highest BCUT2D eigenvalue weighted by atomic mass is 32.1. The van der Waals surface area contributed by atoms with E-state index in [0.717, 1.165) is 32.7 Å². The van der Waals surface area contributed by atoms with E-state index in [1.807, 2.05) is 79.8 Å². The van der Waals surface area contributed by atoms with Crippen molar-refractivity contribution in [1.29, 1.82) is 0 Å². The lowest BCUT2D eigenvalue weighted by molar-refractivity contribution is -0.676. The van der Waals surface area contributed by atoms with E-state index in [4.69, 9.17) is 4.74 Å². The summed E-state index contributed by atoms with van der Waals surface area (Å²) in [4.78, 5) is 27.1. The van der Waals surface area contributed by atoms with Gasteiger partial charge in [-0.1, -0.05) is 90.5 Å². The Balaban J connectivity index is 1.58. The maximum absolute atomic E-state index is 13.1. The summed E-state index contributed by atoms with van der Waals surface area (Å²) in [7, 11) is 0. The number of hydrogen-bond donors (Lipinski definition) is 2. The third-order valence-corrected chi connectivity index (χ3v) is 7.03.